The SMILES string of the molecule is C1=C/C2=C\C=C(/C=C1)SC1CCCCCC(CC1)N2. The Bertz CT molecular complexity index is 391. The highest BCUT2D eigenvalue weighted by molar-refractivity contribution is 8.03. The number of thioether (sulfide) groups is 1. The molecular weight excluding hydrogens is 250 g/mol. The molecule has 0 saturated heterocycles. The van der Waals surface area contributed by atoms with Crippen LogP contribution < -0.4 is 5.32 Å². The van der Waals surface area contributed by atoms with Gasteiger partial charge >= 0.3 is 0 Å². The minimum Gasteiger partial charge on any atom is -0.382 e. The van der Waals surface area contributed by atoms with Gasteiger partial charge in [0.1, 0.15) is 0 Å². The Balaban J connectivity index is 1.88. The minimum atomic E-state index is 0.662. The van der Waals surface area contributed by atoms with E-state index in [2.05, 4.69) is 53.5 Å². The summed E-state index contributed by atoms with van der Waals surface area (Å²) in [4.78, 5) is 1.41. The van der Waals surface area contributed by atoms with Gasteiger partial charge in [0.15, 0.2) is 0 Å². The van der Waals surface area contributed by atoms with Crippen LogP contribution in [0.5, 0.6) is 0 Å². The normalized spacial score (nSPS) is 36.6. The Hall–Kier alpha value is -0.890. The van der Waals surface area contributed by atoms with Crippen LogP contribution in [-0.2, 0) is 0 Å². The zero-order chi connectivity index (χ0) is 12.9. The van der Waals surface area contributed by atoms with Gasteiger partial charge in [-0.1, -0.05) is 31.4 Å². The van der Waals surface area contributed by atoms with Crippen molar-refractivity contribution in [3.05, 3.63) is 47.1 Å². The summed E-state index contributed by atoms with van der Waals surface area (Å²) in [6.45, 7) is 0. The summed E-state index contributed by atoms with van der Waals surface area (Å²) >= 11 is 2.09. The van der Waals surface area contributed by atoms with Crippen molar-refractivity contribution in [2.24, 2.45) is 0 Å². The number of fused-ring (bicyclic) bond motifs is 4. The molecular formula is C17H23NS. The van der Waals surface area contributed by atoms with E-state index >= 15 is 0 Å². The van der Waals surface area contributed by atoms with Gasteiger partial charge in [0.2, 0.25) is 0 Å². The second kappa shape index (κ2) is 6.51. The van der Waals surface area contributed by atoms with E-state index in [1.165, 1.54) is 55.5 Å². The van der Waals surface area contributed by atoms with Gasteiger partial charge in [0.25, 0.3) is 0 Å². The largest absolute Gasteiger partial charge is 0.382 e. The van der Waals surface area contributed by atoms with E-state index in [1.807, 2.05) is 0 Å². The lowest BCUT2D eigenvalue weighted by Gasteiger charge is -2.24. The van der Waals surface area contributed by atoms with E-state index in [1.54, 1.807) is 0 Å². The van der Waals surface area contributed by atoms with Crippen LogP contribution in [0.3, 0.4) is 0 Å². The first-order chi connectivity index (χ1) is 9.40. The standard InChI is InChI=1S/C17H23NS/c1-2-6-14-10-12-16(8-3-1)19-17-9-5-4-7-15(18-14)11-13-17/h4-5,7,9,11,13-14,16,18H,1-3,6,8,10,12H2/b5-4?,7-4?,9-5?,13-11?,15-7?,15-11+,17-9?,17-13+. The van der Waals surface area contributed by atoms with Gasteiger partial charge in [-0.05, 0) is 50.0 Å². The van der Waals surface area contributed by atoms with E-state index < -0.39 is 0 Å². The first-order valence-electron chi connectivity index (χ1n) is 7.60. The smallest absolute Gasteiger partial charge is 0.0342 e. The maximum absolute atomic E-state index is 3.75. The lowest BCUT2D eigenvalue weighted by atomic mass is 10.0. The fourth-order valence-electron chi connectivity index (χ4n) is 3.07. The Morgan fingerprint density at radius 3 is 2.79 bits per heavy atom. The molecule has 3 rings (SSSR count). The van der Waals surface area contributed by atoms with Crippen LogP contribution in [0, 0.1) is 0 Å². The van der Waals surface area contributed by atoms with E-state index in [9.17, 15) is 0 Å². The molecule has 2 aliphatic carbocycles. The molecule has 1 nitrogen and oxygen atoms in total. The lowest BCUT2D eigenvalue weighted by molar-refractivity contribution is 0.474. The van der Waals surface area contributed by atoms with Gasteiger partial charge in [-0.2, -0.15) is 0 Å². The van der Waals surface area contributed by atoms with E-state index in [4.69, 9.17) is 0 Å². The molecule has 102 valence electrons. The van der Waals surface area contributed by atoms with E-state index in [0.29, 0.717) is 6.04 Å². The van der Waals surface area contributed by atoms with Gasteiger partial charge in [-0.3, -0.25) is 0 Å². The second-order valence-corrected chi connectivity index (χ2v) is 7.08. The van der Waals surface area contributed by atoms with Crippen LogP contribution in [0.4, 0.5) is 0 Å². The molecule has 1 N–H and O–H groups in total. The van der Waals surface area contributed by atoms with Gasteiger partial charge in [-0.25, -0.2) is 0 Å². The first-order valence-corrected chi connectivity index (χ1v) is 8.48. The predicted molar refractivity (Wildman–Crippen MR) is 85.1 cm³/mol. The summed E-state index contributed by atoms with van der Waals surface area (Å²) in [7, 11) is 0. The van der Waals surface area contributed by atoms with Crippen LogP contribution in [0.25, 0.3) is 0 Å². The molecule has 1 aliphatic heterocycles. The quantitative estimate of drug-likeness (QED) is 0.686. The van der Waals surface area contributed by atoms with Crippen molar-refractivity contribution in [3.63, 3.8) is 0 Å². The molecule has 2 unspecified atom stereocenters. The Labute approximate surface area is 120 Å². The number of nitrogens with one attached hydrogen (secondary N) is 1. The number of hydrogen-bond acceptors (Lipinski definition) is 2. The lowest BCUT2D eigenvalue weighted by Crippen LogP contribution is -2.28. The van der Waals surface area contributed by atoms with E-state index in [-0.39, 0.29) is 0 Å². The fraction of sp³-hybridized carbons (Fsp3) is 0.529. The Kier molecular flexibility index (Phi) is 4.49. The fourth-order valence-corrected chi connectivity index (χ4v) is 4.30. The Morgan fingerprint density at radius 1 is 0.895 bits per heavy atom. The second-order valence-electron chi connectivity index (χ2n) is 5.71. The molecule has 2 atom stereocenters. The van der Waals surface area contributed by atoms with Gasteiger partial charge in [0, 0.05) is 21.9 Å². The molecule has 0 aromatic rings. The highest BCUT2D eigenvalue weighted by Crippen LogP contribution is 2.33. The summed E-state index contributed by atoms with van der Waals surface area (Å²) in [6.07, 6.45) is 22.9. The third-order valence-electron chi connectivity index (χ3n) is 4.16. The molecule has 1 fully saturated rings. The summed E-state index contributed by atoms with van der Waals surface area (Å²) in [5.74, 6) is 0. The topological polar surface area (TPSA) is 12.0 Å². The average molecular weight is 273 g/mol. The minimum absolute atomic E-state index is 0.662. The molecule has 0 aromatic carbocycles. The maximum Gasteiger partial charge on any atom is 0.0342 e. The summed E-state index contributed by atoms with van der Waals surface area (Å²) in [6, 6.07) is 0.662. The van der Waals surface area contributed by atoms with Crippen molar-refractivity contribution >= 4 is 11.8 Å². The van der Waals surface area contributed by atoms with Crippen molar-refractivity contribution in [1.82, 2.24) is 5.32 Å². The summed E-state index contributed by atoms with van der Waals surface area (Å²) in [5, 5.41) is 4.55. The predicted octanol–water partition coefficient (Wildman–Crippen LogP) is 4.70. The van der Waals surface area contributed by atoms with Gasteiger partial charge < -0.3 is 5.32 Å². The highest BCUT2D eigenvalue weighted by atomic mass is 32.2. The Morgan fingerprint density at radius 2 is 1.79 bits per heavy atom. The average Bonchev–Trinajstić information content (AvgIpc) is 2.50. The maximum atomic E-state index is 3.75. The van der Waals surface area contributed by atoms with Crippen LogP contribution >= 0.6 is 11.8 Å². The molecule has 3 aliphatic rings. The molecule has 19 heavy (non-hydrogen) atoms. The zero-order valence-electron chi connectivity index (χ0n) is 11.5. The first kappa shape index (κ1) is 13.1. The molecule has 0 aromatic heterocycles. The molecule has 0 radical (unpaired) electrons. The number of hydrogen-bond donors (Lipinski definition) is 1. The van der Waals surface area contributed by atoms with Crippen molar-refractivity contribution < 1.29 is 0 Å². The molecule has 4 bridgehead atoms. The summed E-state index contributed by atoms with van der Waals surface area (Å²) < 4.78 is 0. The molecule has 0 amide bonds. The third-order valence-corrected chi connectivity index (χ3v) is 5.51. The van der Waals surface area contributed by atoms with Gasteiger partial charge in [-0.15, -0.1) is 11.8 Å². The van der Waals surface area contributed by atoms with Gasteiger partial charge in [0.05, 0.1) is 0 Å². The molecule has 0 spiro atoms. The molecule has 1 saturated carbocycles. The summed E-state index contributed by atoms with van der Waals surface area (Å²) in [5.41, 5.74) is 1.27. The monoisotopic (exact) mass is 273 g/mol. The highest BCUT2D eigenvalue weighted by Gasteiger charge is 2.18. The van der Waals surface area contributed by atoms with Crippen molar-refractivity contribution in [2.75, 3.05) is 0 Å². The van der Waals surface area contributed by atoms with Crippen molar-refractivity contribution in [1.29, 1.82) is 0 Å². The number of allylic oxidation sites excluding steroid dienone is 6. The zero-order valence-corrected chi connectivity index (χ0v) is 12.3. The molecule has 2 heteroatoms. The van der Waals surface area contributed by atoms with Crippen LogP contribution in [0.15, 0.2) is 47.1 Å². The van der Waals surface area contributed by atoms with Crippen LogP contribution in [-0.4, -0.2) is 11.3 Å². The van der Waals surface area contributed by atoms with Crippen LogP contribution in [0.2, 0.25) is 0 Å². The van der Waals surface area contributed by atoms with Crippen LogP contribution in [0.1, 0.15) is 44.9 Å². The third kappa shape index (κ3) is 3.79. The molecule has 1 heterocycles. The van der Waals surface area contributed by atoms with Crippen molar-refractivity contribution in [2.45, 2.75) is 56.2 Å². The number of rotatable bonds is 0. The van der Waals surface area contributed by atoms with E-state index in [0.717, 1.165) is 5.25 Å². The van der Waals surface area contributed by atoms with Crippen molar-refractivity contribution in [3.8, 4) is 0 Å².